The average Bonchev–Trinajstić information content (AvgIpc) is 3.35. The van der Waals surface area contributed by atoms with Crippen molar-refractivity contribution in [2.24, 2.45) is 0 Å². The molecule has 2 aromatic carbocycles. The van der Waals surface area contributed by atoms with Crippen LogP contribution in [0.4, 0.5) is 5.69 Å². The number of hydrazine groups is 1. The van der Waals surface area contributed by atoms with Gasteiger partial charge in [-0.25, -0.2) is 26.5 Å². The second-order valence-electron chi connectivity index (χ2n) is 8.44. The second kappa shape index (κ2) is 16.0. The van der Waals surface area contributed by atoms with Gasteiger partial charge >= 0.3 is 59.1 Å². The van der Waals surface area contributed by atoms with E-state index in [1.807, 2.05) is 0 Å². The Kier molecular flexibility index (Phi) is 14.1. The van der Waals surface area contributed by atoms with Crippen LogP contribution >= 0.6 is 45.2 Å². The van der Waals surface area contributed by atoms with E-state index in [0.29, 0.717) is 0 Å². The Balaban J connectivity index is 0.00000353. The summed E-state index contributed by atoms with van der Waals surface area (Å²) in [6.45, 7) is 0. The maximum absolute atomic E-state index is 12.8. The smallest absolute Gasteiger partial charge is 0.744 e. The zero-order valence-corrected chi connectivity index (χ0v) is 33.0. The summed E-state index contributed by atoms with van der Waals surface area (Å²) in [6.07, 6.45) is 9.92. The van der Waals surface area contributed by atoms with Gasteiger partial charge in [0.25, 0.3) is 17.4 Å². The van der Waals surface area contributed by atoms with Crippen LogP contribution in [0.3, 0.4) is 0 Å². The van der Waals surface area contributed by atoms with Crippen LogP contribution < -0.4 is 75.1 Å². The number of amides is 2. The summed E-state index contributed by atoms with van der Waals surface area (Å²) in [6, 6.07) is 6.78. The molecule has 45 heavy (non-hydrogen) atoms. The van der Waals surface area contributed by atoms with Gasteiger partial charge in [-0.1, -0.05) is 30.4 Å². The molecule has 1 aliphatic heterocycles. The summed E-state index contributed by atoms with van der Waals surface area (Å²) >= 11 is 3.50. The number of anilines is 1. The summed E-state index contributed by atoms with van der Waals surface area (Å²) in [4.78, 5) is 36.5. The van der Waals surface area contributed by atoms with Gasteiger partial charge in [0.1, 0.15) is 31.4 Å². The molecule has 14 nitrogen and oxygen atoms in total. The molecular weight excluding hydrogens is 888 g/mol. The first kappa shape index (κ1) is 39.6. The molecule has 2 amide bonds. The van der Waals surface area contributed by atoms with Gasteiger partial charge in [0, 0.05) is 7.14 Å². The van der Waals surface area contributed by atoms with E-state index in [1.165, 1.54) is 54.7 Å². The van der Waals surface area contributed by atoms with Crippen molar-refractivity contribution in [2.75, 3.05) is 5.01 Å². The molecule has 0 unspecified atom stereocenters. The first-order valence-corrected chi connectivity index (χ1v) is 16.5. The van der Waals surface area contributed by atoms with Crippen molar-refractivity contribution in [3.8, 4) is 11.6 Å². The number of H-pyrrole nitrogens is 1. The molecule has 1 saturated heterocycles. The third-order valence-electron chi connectivity index (χ3n) is 5.67. The number of aromatic amines is 1. The largest absolute Gasteiger partial charge is 1.00 e. The minimum Gasteiger partial charge on any atom is -0.744 e. The van der Waals surface area contributed by atoms with Crippen LogP contribution in [0.15, 0.2) is 93.0 Å². The molecule has 0 atom stereocenters. The maximum atomic E-state index is 12.8. The van der Waals surface area contributed by atoms with Crippen molar-refractivity contribution < 1.29 is 99.8 Å². The molecule has 3 N–H and O–H groups in total. The topological polar surface area (TPSA) is 222 Å². The van der Waals surface area contributed by atoms with Gasteiger partial charge in [-0.15, -0.1) is 0 Å². The van der Waals surface area contributed by atoms with Crippen molar-refractivity contribution in [1.29, 1.82) is 0 Å². The molecular formula is C25H16I2N4Na2O10S2. The summed E-state index contributed by atoms with van der Waals surface area (Å²) in [5.41, 5.74) is 1.83. The van der Waals surface area contributed by atoms with Crippen LogP contribution in [0.5, 0.6) is 5.88 Å². The van der Waals surface area contributed by atoms with E-state index in [-0.39, 0.29) is 88.8 Å². The zero-order valence-electron chi connectivity index (χ0n) is 23.1. The number of benzene rings is 2. The second-order valence-corrected chi connectivity index (χ2v) is 13.5. The standard InChI is InChI=1S/C25H18I2N4O10S2.2Na/c26-18-12-14(42(36,37)38)8-10-20(18)30-24(34)16(22(32)28-30)6-4-2-1-3-5-7-17-23(33)29-31(25(17)35)21-11-9-15(13-19(21)27)43(39,40)41;;/h1-13,34H,(H,28,32)(H,29,33)(H,36,37,38)(H,39,40,41);;/q;2*+1/p-2/b2-1+,5-3+,6-4+,17-7-;;/i26+4,27+4;;. The van der Waals surface area contributed by atoms with Crippen molar-refractivity contribution in [1.82, 2.24) is 15.2 Å². The van der Waals surface area contributed by atoms with E-state index in [1.54, 1.807) is 45.2 Å². The fourth-order valence-corrected chi connectivity index (χ4v) is 6.58. The van der Waals surface area contributed by atoms with Gasteiger partial charge in [0.2, 0.25) is 5.88 Å². The molecule has 4 rings (SSSR count). The molecule has 0 spiro atoms. The number of aromatic nitrogens is 2. The van der Waals surface area contributed by atoms with E-state index >= 15 is 0 Å². The Labute approximate surface area is 327 Å². The van der Waals surface area contributed by atoms with Gasteiger partial charge in [0.15, 0.2) is 0 Å². The Morgan fingerprint density at radius 1 is 0.778 bits per heavy atom. The summed E-state index contributed by atoms with van der Waals surface area (Å²) in [5, 5.41) is 13.9. The van der Waals surface area contributed by atoms with E-state index in [4.69, 9.17) is 0 Å². The number of nitrogens with zero attached hydrogens (tertiary/aromatic N) is 2. The first-order valence-electron chi connectivity index (χ1n) is 11.5. The average molecular weight is 904 g/mol. The molecule has 3 aromatic rings. The maximum Gasteiger partial charge on any atom is 1.00 e. The van der Waals surface area contributed by atoms with Gasteiger partial charge in [-0.05, 0) is 93.7 Å². The van der Waals surface area contributed by atoms with Crippen LogP contribution in [-0.4, -0.2) is 52.6 Å². The number of carbonyl (C=O) groups is 2. The Hall–Kier alpha value is -1.57. The number of carbonyl (C=O) groups excluding carboxylic acids is 2. The number of aromatic hydroxyl groups is 1. The number of hydrogen-bond acceptors (Lipinski definition) is 10. The quantitative estimate of drug-likeness (QED) is 0.0497. The van der Waals surface area contributed by atoms with Crippen LogP contribution in [0.2, 0.25) is 0 Å². The van der Waals surface area contributed by atoms with Crippen molar-refractivity contribution in [2.45, 2.75) is 9.79 Å². The number of hydrogen-bond donors (Lipinski definition) is 3. The van der Waals surface area contributed by atoms with Crippen molar-refractivity contribution >= 4 is 89.0 Å². The normalized spacial score (nSPS) is 14.8. The fraction of sp³-hybridized carbons (Fsp3) is 0. The van der Waals surface area contributed by atoms with E-state index in [9.17, 15) is 45.4 Å². The Morgan fingerprint density at radius 2 is 1.29 bits per heavy atom. The fourth-order valence-electron chi connectivity index (χ4n) is 3.65. The van der Waals surface area contributed by atoms with Gasteiger partial charge < -0.3 is 14.2 Å². The molecule has 1 fully saturated rings. The van der Waals surface area contributed by atoms with Crippen molar-refractivity contribution in [3.05, 3.63) is 101 Å². The molecule has 1 aromatic heterocycles. The Bertz CT molecular complexity index is 2070. The van der Waals surface area contributed by atoms with Crippen LogP contribution in [0.25, 0.3) is 11.8 Å². The Morgan fingerprint density at radius 3 is 1.82 bits per heavy atom. The molecule has 224 valence electrons. The number of nitrogens with one attached hydrogen (secondary N) is 2. The minimum absolute atomic E-state index is 0. The van der Waals surface area contributed by atoms with Crippen LogP contribution in [0.1, 0.15) is 5.56 Å². The number of halogens is 2. The molecule has 0 saturated carbocycles. The molecule has 0 bridgehead atoms. The third kappa shape index (κ3) is 9.28. The van der Waals surface area contributed by atoms with Gasteiger partial charge in [-0.2, -0.15) is 0 Å². The van der Waals surface area contributed by atoms with E-state index in [0.717, 1.165) is 34.0 Å². The third-order valence-corrected chi connectivity index (χ3v) is 9.06. The minimum atomic E-state index is -4.69. The molecule has 20 heteroatoms. The molecule has 0 radical (unpaired) electrons. The number of rotatable bonds is 8. The SMILES string of the molecule is O=C1NN(c2ccc(S(=O)(=O)[O-])cc2[131I])C(=O)\C1=C/C=C/C=C/C=C/c1c(O)n(-c2ccc(S(=O)(=O)[O-])cc2[131I])[nH]c1=O.[Na+].[Na+]. The first-order chi connectivity index (χ1) is 20.1. The molecule has 1 aliphatic rings. The monoisotopic (exact) mass is 904 g/mol. The van der Waals surface area contributed by atoms with Gasteiger partial charge in [-0.3, -0.25) is 24.9 Å². The van der Waals surface area contributed by atoms with Crippen molar-refractivity contribution in [3.63, 3.8) is 0 Å². The zero-order chi connectivity index (χ0) is 31.7. The predicted octanol–water partition coefficient (Wildman–Crippen LogP) is -3.97. The van der Waals surface area contributed by atoms with Crippen LogP contribution in [0, 0.1) is 7.14 Å². The van der Waals surface area contributed by atoms with E-state index in [2.05, 4.69) is 10.5 Å². The van der Waals surface area contributed by atoms with Gasteiger partial charge in [0.05, 0.1) is 21.2 Å². The summed E-state index contributed by atoms with van der Waals surface area (Å²) in [7, 11) is -9.38. The number of allylic oxidation sites excluding steroid dienone is 6. The molecule has 2 heterocycles. The molecule has 0 aliphatic carbocycles. The predicted molar refractivity (Wildman–Crippen MR) is 167 cm³/mol. The van der Waals surface area contributed by atoms with Crippen LogP contribution in [-0.2, 0) is 29.8 Å². The summed E-state index contributed by atoms with van der Waals surface area (Å²) in [5.74, 6) is -1.86. The van der Waals surface area contributed by atoms with E-state index < -0.39 is 53.3 Å². The summed E-state index contributed by atoms with van der Waals surface area (Å²) < 4.78 is 68.9.